The Bertz CT molecular complexity index is 799. The van der Waals surface area contributed by atoms with Crippen LogP contribution < -0.4 is 5.43 Å². The van der Waals surface area contributed by atoms with Gasteiger partial charge in [-0.3, -0.25) is 14.8 Å². The largest absolute Gasteiger partial charge is 0.271 e. The van der Waals surface area contributed by atoms with Crippen LogP contribution in [0.4, 0.5) is 0 Å². The van der Waals surface area contributed by atoms with Gasteiger partial charge >= 0.3 is 0 Å². The molecule has 0 aliphatic carbocycles. The van der Waals surface area contributed by atoms with E-state index < -0.39 is 0 Å². The van der Waals surface area contributed by atoms with Crippen LogP contribution in [-0.2, 0) is 0 Å². The van der Waals surface area contributed by atoms with Gasteiger partial charge in [0.05, 0.1) is 17.4 Å². The van der Waals surface area contributed by atoms with Gasteiger partial charge in [0, 0.05) is 23.3 Å². The van der Waals surface area contributed by atoms with Crippen molar-refractivity contribution in [2.45, 2.75) is 0 Å². The van der Waals surface area contributed by atoms with Gasteiger partial charge in [0.2, 0.25) is 0 Å². The number of carbonyl (C=O) groups excluding carboxylic acids is 1. The van der Waals surface area contributed by atoms with Crippen LogP contribution in [-0.4, -0.2) is 22.1 Å². The Morgan fingerprint density at radius 3 is 2.81 bits per heavy atom. The zero-order chi connectivity index (χ0) is 14.5. The van der Waals surface area contributed by atoms with Crippen LogP contribution >= 0.6 is 0 Å². The van der Waals surface area contributed by atoms with Gasteiger partial charge < -0.3 is 0 Å². The monoisotopic (exact) mass is 276 g/mol. The summed E-state index contributed by atoms with van der Waals surface area (Å²) in [5.74, 6) is -0.270. The molecule has 5 heteroatoms. The number of benzene rings is 1. The molecule has 3 rings (SSSR count). The molecule has 1 aromatic carbocycles. The fraction of sp³-hybridized carbons (Fsp3) is 0. The number of aromatic nitrogens is 2. The number of nitrogens with zero attached hydrogens (tertiary/aromatic N) is 3. The van der Waals surface area contributed by atoms with Gasteiger partial charge in [-0.2, -0.15) is 5.10 Å². The third-order valence-electron chi connectivity index (χ3n) is 2.92. The van der Waals surface area contributed by atoms with E-state index in [0.717, 1.165) is 10.9 Å². The standard InChI is InChI=1S/C16H12N4O/c21-16(20-19-11-14-5-1-2-8-17-14)13-6-7-15-12(10-13)4-3-9-18-15/h1-11H,(H,20,21)/b19-11-. The molecule has 2 aromatic heterocycles. The Hall–Kier alpha value is -3.08. The first-order valence-electron chi connectivity index (χ1n) is 6.42. The number of carbonyl (C=O) groups is 1. The van der Waals surface area contributed by atoms with Crippen LogP contribution in [0, 0.1) is 0 Å². The van der Waals surface area contributed by atoms with Crippen LogP contribution in [0.3, 0.4) is 0 Å². The molecule has 0 radical (unpaired) electrons. The Morgan fingerprint density at radius 1 is 1.05 bits per heavy atom. The van der Waals surface area contributed by atoms with E-state index in [2.05, 4.69) is 20.5 Å². The molecule has 2 heterocycles. The summed E-state index contributed by atoms with van der Waals surface area (Å²) in [6.07, 6.45) is 4.89. The summed E-state index contributed by atoms with van der Waals surface area (Å²) in [7, 11) is 0. The predicted octanol–water partition coefficient (Wildman–Crippen LogP) is 2.39. The van der Waals surface area contributed by atoms with Gasteiger partial charge in [-0.05, 0) is 36.4 Å². The number of hydrogen-bond donors (Lipinski definition) is 1. The van der Waals surface area contributed by atoms with Crippen molar-refractivity contribution in [1.82, 2.24) is 15.4 Å². The fourth-order valence-corrected chi connectivity index (χ4v) is 1.89. The maximum Gasteiger partial charge on any atom is 0.271 e. The second-order valence-electron chi connectivity index (χ2n) is 4.36. The minimum Gasteiger partial charge on any atom is -0.267 e. The zero-order valence-electron chi connectivity index (χ0n) is 11.1. The summed E-state index contributed by atoms with van der Waals surface area (Å²) in [6, 6.07) is 14.5. The third kappa shape index (κ3) is 3.09. The van der Waals surface area contributed by atoms with Crippen molar-refractivity contribution in [2.24, 2.45) is 5.10 Å². The van der Waals surface area contributed by atoms with Crippen molar-refractivity contribution in [3.05, 3.63) is 72.2 Å². The molecule has 0 saturated heterocycles. The van der Waals surface area contributed by atoms with E-state index >= 15 is 0 Å². The lowest BCUT2D eigenvalue weighted by atomic mass is 10.1. The number of hydrazone groups is 1. The molecular formula is C16H12N4O. The molecule has 0 aliphatic rings. The molecule has 21 heavy (non-hydrogen) atoms. The van der Waals surface area contributed by atoms with Crippen LogP contribution in [0.1, 0.15) is 16.1 Å². The second kappa shape index (κ2) is 5.92. The van der Waals surface area contributed by atoms with Crippen molar-refractivity contribution < 1.29 is 4.79 Å². The van der Waals surface area contributed by atoms with Crippen molar-refractivity contribution in [3.8, 4) is 0 Å². The van der Waals surface area contributed by atoms with Gasteiger partial charge in [-0.1, -0.05) is 12.1 Å². The molecule has 0 unspecified atom stereocenters. The number of fused-ring (bicyclic) bond motifs is 1. The second-order valence-corrected chi connectivity index (χ2v) is 4.36. The highest BCUT2D eigenvalue weighted by atomic mass is 16.2. The van der Waals surface area contributed by atoms with Crippen molar-refractivity contribution in [1.29, 1.82) is 0 Å². The summed E-state index contributed by atoms with van der Waals surface area (Å²) >= 11 is 0. The minimum atomic E-state index is -0.270. The Morgan fingerprint density at radius 2 is 1.95 bits per heavy atom. The van der Waals surface area contributed by atoms with E-state index in [1.807, 2.05) is 30.3 Å². The Labute approximate surface area is 121 Å². The van der Waals surface area contributed by atoms with Crippen molar-refractivity contribution in [3.63, 3.8) is 0 Å². The molecule has 5 nitrogen and oxygen atoms in total. The SMILES string of the molecule is O=C(N/N=C\c1ccccn1)c1ccc2ncccc2c1. The number of pyridine rings is 2. The normalized spacial score (nSPS) is 10.9. The number of nitrogens with one attached hydrogen (secondary N) is 1. The van der Waals surface area contributed by atoms with Gasteiger partial charge in [-0.15, -0.1) is 0 Å². The summed E-state index contributed by atoms with van der Waals surface area (Å²) in [5, 5.41) is 4.81. The van der Waals surface area contributed by atoms with Gasteiger partial charge in [0.25, 0.3) is 5.91 Å². The van der Waals surface area contributed by atoms with Crippen molar-refractivity contribution >= 4 is 23.0 Å². The molecule has 1 amide bonds. The molecule has 102 valence electrons. The highest BCUT2D eigenvalue weighted by Gasteiger charge is 2.05. The molecule has 3 aromatic rings. The lowest BCUT2D eigenvalue weighted by Gasteiger charge is -2.01. The minimum absolute atomic E-state index is 0.270. The summed E-state index contributed by atoms with van der Waals surface area (Å²) in [6.45, 7) is 0. The Kier molecular flexibility index (Phi) is 3.64. The number of amides is 1. The maximum absolute atomic E-state index is 12.0. The smallest absolute Gasteiger partial charge is 0.267 e. The molecule has 0 saturated carbocycles. The molecule has 0 atom stereocenters. The zero-order valence-corrected chi connectivity index (χ0v) is 11.1. The van der Waals surface area contributed by atoms with E-state index in [9.17, 15) is 4.79 Å². The lowest BCUT2D eigenvalue weighted by Crippen LogP contribution is -2.17. The van der Waals surface area contributed by atoms with E-state index in [1.165, 1.54) is 6.21 Å². The van der Waals surface area contributed by atoms with Crippen molar-refractivity contribution in [2.75, 3.05) is 0 Å². The predicted molar refractivity (Wildman–Crippen MR) is 81.0 cm³/mol. The fourth-order valence-electron chi connectivity index (χ4n) is 1.89. The highest BCUT2D eigenvalue weighted by molar-refractivity contribution is 5.98. The van der Waals surface area contributed by atoms with E-state index in [0.29, 0.717) is 11.3 Å². The van der Waals surface area contributed by atoms with Crippen LogP contribution in [0.2, 0.25) is 0 Å². The van der Waals surface area contributed by atoms with Gasteiger partial charge in [0.15, 0.2) is 0 Å². The van der Waals surface area contributed by atoms with Crippen LogP contribution in [0.15, 0.2) is 66.0 Å². The molecule has 0 aliphatic heterocycles. The number of rotatable bonds is 3. The van der Waals surface area contributed by atoms with E-state index in [1.54, 1.807) is 30.6 Å². The van der Waals surface area contributed by atoms with Crippen LogP contribution in [0.5, 0.6) is 0 Å². The molecule has 0 spiro atoms. The topological polar surface area (TPSA) is 67.2 Å². The average Bonchev–Trinajstić information content (AvgIpc) is 2.55. The Balaban J connectivity index is 1.73. The molecule has 0 bridgehead atoms. The molecule has 0 fully saturated rings. The third-order valence-corrected chi connectivity index (χ3v) is 2.92. The lowest BCUT2D eigenvalue weighted by molar-refractivity contribution is 0.0955. The quantitative estimate of drug-likeness (QED) is 0.590. The highest BCUT2D eigenvalue weighted by Crippen LogP contribution is 2.13. The van der Waals surface area contributed by atoms with Gasteiger partial charge in [-0.25, -0.2) is 5.43 Å². The van der Waals surface area contributed by atoms with Gasteiger partial charge in [0.1, 0.15) is 0 Å². The van der Waals surface area contributed by atoms with E-state index in [4.69, 9.17) is 0 Å². The summed E-state index contributed by atoms with van der Waals surface area (Å²) in [4.78, 5) is 20.3. The summed E-state index contributed by atoms with van der Waals surface area (Å²) < 4.78 is 0. The maximum atomic E-state index is 12.0. The molecule has 1 N–H and O–H groups in total. The first-order valence-corrected chi connectivity index (χ1v) is 6.42. The van der Waals surface area contributed by atoms with E-state index in [-0.39, 0.29) is 5.91 Å². The average molecular weight is 276 g/mol. The first kappa shape index (κ1) is 12.9. The van der Waals surface area contributed by atoms with Crippen LogP contribution in [0.25, 0.3) is 10.9 Å². The summed E-state index contributed by atoms with van der Waals surface area (Å²) in [5.41, 5.74) is 4.55. The first-order chi connectivity index (χ1) is 10.3. The number of hydrogen-bond acceptors (Lipinski definition) is 4. The molecular weight excluding hydrogens is 264 g/mol.